The van der Waals surface area contributed by atoms with Gasteiger partial charge in [0.1, 0.15) is 0 Å². The molecule has 0 aromatic rings. The first-order valence-electron chi connectivity index (χ1n) is 7.13. The third-order valence-electron chi connectivity index (χ3n) is 4.15. The average molecular weight is 225 g/mol. The monoisotopic (exact) mass is 225 g/mol. The standard InChI is InChI=1S/C15H31N/c1-12-8-9-14(11-13(12)2)7-6-10-16-15(3,4)5/h12-14,16H,6-11H2,1-5H3. The maximum absolute atomic E-state index is 3.58. The van der Waals surface area contributed by atoms with Crippen LogP contribution in [0.25, 0.3) is 0 Å². The minimum absolute atomic E-state index is 0.286. The minimum atomic E-state index is 0.286. The summed E-state index contributed by atoms with van der Waals surface area (Å²) >= 11 is 0. The van der Waals surface area contributed by atoms with Gasteiger partial charge < -0.3 is 5.32 Å². The second kappa shape index (κ2) is 6.05. The zero-order valence-corrected chi connectivity index (χ0v) is 12.0. The highest BCUT2D eigenvalue weighted by molar-refractivity contribution is 4.76. The molecule has 3 unspecified atom stereocenters. The molecule has 3 atom stereocenters. The van der Waals surface area contributed by atoms with Crippen molar-refractivity contribution in [3.63, 3.8) is 0 Å². The van der Waals surface area contributed by atoms with Gasteiger partial charge in [-0.05, 0) is 64.3 Å². The van der Waals surface area contributed by atoms with Crippen molar-refractivity contribution >= 4 is 0 Å². The average Bonchev–Trinajstić information content (AvgIpc) is 2.17. The molecule has 0 amide bonds. The van der Waals surface area contributed by atoms with E-state index >= 15 is 0 Å². The zero-order chi connectivity index (χ0) is 12.2. The topological polar surface area (TPSA) is 12.0 Å². The Morgan fingerprint density at radius 3 is 2.31 bits per heavy atom. The summed E-state index contributed by atoms with van der Waals surface area (Å²) in [6, 6.07) is 0. The first-order chi connectivity index (χ1) is 7.38. The maximum atomic E-state index is 3.58. The SMILES string of the molecule is CC1CCC(CCCNC(C)(C)C)CC1C. The van der Waals surface area contributed by atoms with E-state index in [0.29, 0.717) is 0 Å². The van der Waals surface area contributed by atoms with Crippen LogP contribution >= 0.6 is 0 Å². The molecule has 0 aromatic heterocycles. The lowest BCUT2D eigenvalue weighted by molar-refractivity contribution is 0.197. The van der Waals surface area contributed by atoms with E-state index in [0.717, 1.165) is 17.8 Å². The summed E-state index contributed by atoms with van der Waals surface area (Å²) in [5, 5.41) is 3.58. The molecule has 0 saturated heterocycles. The van der Waals surface area contributed by atoms with Crippen molar-refractivity contribution in [1.29, 1.82) is 0 Å². The number of hydrogen-bond donors (Lipinski definition) is 1. The van der Waals surface area contributed by atoms with E-state index in [9.17, 15) is 0 Å². The molecule has 96 valence electrons. The largest absolute Gasteiger partial charge is 0.312 e. The Balaban J connectivity index is 2.10. The molecule has 1 N–H and O–H groups in total. The van der Waals surface area contributed by atoms with Gasteiger partial charge in [0.2, 0.25) is 0 Å². The molecule has 1 heteroatoms. The fourth-order valence-electron chi connectivity index (χ4n) is 2.78. The van der Waals surface area contributed by atoms with Crippen LogP contribution in [0.3, 0.4) is 0 Å². The van der Waals surface area contributed by atoms with Crippen molar-refractivity contribution in [2.45, 2.75) is 72.3 Å². The molecule has 1 fully saturated rings. The van der Waals surface area contributed by atoms with Crippen LogP contribution in [-0.2, 0) is 0 Å². The van der Waals surface area contributed by atoms with Gasteiger partial charge in [0.15, 0.2) is 0 Å². The van der Waals surface area contributed by atoms with Crippen molar-refractivity contribution in [3.05, 3.63) is 0 Å². The Kier molecular flexibility index (Phi) is 5.30. The van der Waals surface area contributed by atoms with Crippen molar-refractivity contribution in [2.24, 2.45) is 17.8 Å². The third-order valence-corrected chi connectivity index (χ3v) is 4.15. The first kappa shape index (κ1) is 14.0. The van der Waals surface area contributed by atoms with Gasteiger partial charge in [0.25, 0.3) is 0 Å². The third kappa shape index (κ3) is 5.34. The Morgan fingerprint density at radius 2 is 1.75 bits per heavy atom. The van der Waals surface area contributed by atoms with Crippen LogP contribution in [0.5, 0.6) is 0 Å². The van der Waals surface area contributed by atoms with Gasteiger partial charge in [-0.1, -0.05) is 26.7 Å². The molecule has 1 saturated carbocycles. The Labute approximate surface area is 102 Å². The van der Waals surface area contributed by atoms with Crippen LogP contribution < -0.4 is 5.32 Å². The first-order valence-corrected chi connectivity index (χ1v) is 7.13. The summed E-state index contributed by atoms with van der Waals surface area (Å²) in [4.78, 5) is 0. The van der Waals surface area contributed by atoms with Gasteiger partial charge in [-0.15, -0.1) is 0 Å². The molecule has 1 aliphatic carbocycles. The summed E-state index contributed by atoms with van der Waals surface area (Å²) in [5.41, 5.74) is 0.286. The molecule has 1 aliphatic rings. The minimum Gasteiger partial charge on any atom is -0.312 e. The molecular weight excluding hydrogens is 194 g/mol. The highest BCUT2D eigenvalue weighted by atomic mass is 14.9. The Hall–Kier alpha value is -0.0400. The molecule has 0 spiro atoms. The lowest BCUT2D eigenvalue weighted by Crippen LogP contribution is -2.36. The second-order valence-corrected chi connectivity index (χ2v) is 6.95. The van der Waals surface area contributed by atoms with Crippen LogP contribution in [0.15, 0.2) is 0 Å². The molecular formula is C15H31N. The van der Waals surface area contributed by atoms with Gasteiger partial charge in [0, 0.05) is 5.54 Å². The van der Waals surface area contributed by atoms with E-state index in [1.165, 1.54) is 38.6 Å². The fourth-order valence-corrected chi connectivity index (χ4v) is 2.78. The fraction of sp³-hybridized carbons (Fsp3) is 1.00. The molecule has 0 bridgehead atoms. The zero-order valence-electron chi connectivity index (χ0n) is 12.0. The summed E-state index contributed by atoms with van der Waals surface area (Å²) in [5.74, 6) is 2.92. The predicted molar refractivity (Wildman–Crippen MR) is 72.7 cm³/mol. The van der Waals surface area contributed by atoms with Crippen molar-refractivity contribution in [2.75, 3.05) is 6.54 Å². The lowest BCUT2D eigenvalue weighted by atomic mass is 9.74. The van der Waals surface area contributed by atoms with E-state index in [2.05, 4.69) is 39.9 Å². The van der Waals surface area contributed by atoms with E-state index in [4.69, 9.17) is 0 Å². The summed E-state index contributed by atoms with van der Waals surface area (Å²) < 4.78 is 0. The normalized spacial score (nSPS) is 31.7. The van der Waals surface area contributed by atoms with Crippen LogP contribution in [0.1, 0.15) is 66.7 Å². The Bertz CT molecular complexity index is 192. The van der Waals surface area contributed by atoms with Crippen LogP contribution in [-0.4, -0.2) is 12.1 Å². The van der Waals surface area contributed by atoms with E-state index in [1.807, 2.05) is 0 Å². The molecule has 0 heterocycles. The smallest absolute Gasteiger partial charge is 0.00965 e. The number of nitrogens with one attached hydrogen (secondary N) is 1. The van der Waals surface area contributed by atoms with Crippen molar-refractivity contribution in [1.82, 2.24) is 5.32 Å². The van der Waals surface area contributed by atoms with Gasteiger partial charge in [-0.3, -0.25) is 0 Å². The van der Waals surface area contributed by atoms with Crippen LogP contribution in [0, 0.1) is 17.8 Å². The van der Waals surface area contributed by atoms with E-state index < -0.39 is 0 Å². The van der Waals surface area contributed by atoms with Crippen molar-refractivity contribution in [3.8, 4) is 0 Å². The summed E-state index contributed by atoms with van der Waals surface area (Å²) in [6.45, 7) is 12.8. The van der Waals surface area contributed by atoms with E-state index in [-0.39, 0.29) is 5.54 Å². The highest BCUT2D eigenvalue weighted by Gasteiger charge is 2.23. The van der Waals surface area contributed by atoms with Gasteiger partial charge >= 0.3 is 0 Å². The highest BCUT2D eigenvalue weighted by Crippen LogP contribution is 2.35. The van der Waals surface area contributed by atoms with Gasteiger partial charge in [-0.2, -0.15) is 0 Å². The summed E-state index contributed by atoms with van der Waals surface area (Å²) in [6.07, 6.45) is 7.18. The quantitative estimate of drug-likeness (QED) is 0.706. The summed E-state index contributed by atoms with van der Waals surface area (Å²) in [7, 11) is 0. The molecule has 0 aliphatic heterocycles. The molecule has 0 aromatic carbocycles. The maximum Gasteiger partial charge on any atom is 0.00965 e. The number of rotatable bonds is 4. The van der Waals surface area contributed by atoms with Crippen molar-refractivity contribution < 1.29 is 0 Å². The molecule has 0 radical (unpaired) electrons. The van der Waals surface area contributed by atoms with Crippen LogP contribution in [0.2, 0.25) is 0 Å². The number of hydrogen-bond acceptors (Lipinski definition) is 1. The van der Waals surface area contributed by atoms with Gasteiger partial charge in [-0.25, -0.2) is 0 Å². The molecule has 16 heavy (non-hydrogen) atoms. The molecule has 1 rings (SSSR count). The lowest BCUT2D eigenvalue weighted by Gasteiger charge is -2.32. The second-order valence-electron chi connectivity index (χ2n) is 6.95. The predicted octanol–water partition coefficient (Wildman–Crippen LogP) is 4.23. The van der Waals surface area contributed by atoms with Gasteiger partial charge in [0.05, 0.1) is 0 Å². The molecule has 1 nitrogen and oxygen atoms in total. The van der Waals surface area contributed by atoms with Crippen LogP contribution in [0.4, 0.5) is 0 Å². The van der Waals surface area contributed by atoms with E-state index in [1.54, 1.807) is 0 Å². The Morgan fingerprint density at radius 1 is 1.06 bits per heavy atom.